The third kappa shape index (κ3) is 4.56. The standard InChI is InChI=1S/C15H18N4O3S/c1-3-11(4-2)14-17-18-15(23-14)16-13(20)9-10-5-7-12(8-6-10)19(21)22/h5-8,11H,3-4,9H2,1-2H3,(H,16,18,20). The Bertz CT molecular complexity index is 680. The number of hydrogen-bond acceptors (Lipinski definition) is 6. The molecule has 2 rings (SSSR count). The van der Waals surface area contributed by atoms with Crippen LogP contribution in [0.4, 0.5) is 10.8 Å². The van der Waals surface area contributed by atoms with Crippen LogP contribution in [0.2, 0.25) is 0 Å². The lowest BCUT2D eigenvalue weighted by molar-refractivity contribution is -0.384. The highest BCUT2D eigenvalue weighted by Gasteiger charge is 2.15. The molecule has 0 spiro atoms. The Labute approximate surface area is 137 Å². The second-order valence-corrected chi connectivity index (χ2v) is 6.12. The lowest BCUT2D eigenvalue weighted by atomic mass is 10.1. The van der Waals surface area contributed by atoms with E-state index in [1.807, 2.05) is 0 Å². The molecule has 1 N–H and O–H groups in total. The molecule has 0 unspecified atom stereocenters. The molecule has 0 aliphatic carbocycles. The third-order valence-corrected chi connectivity index (χ3v) is 4.53. The van der Waals surface area contributed by atoms with E-state index in [1.54, 1.807) is 12.1 Å². The molecular formula is C15H18N4O3S. The van der Waals surface area contributed by atoms with Gasteiger partial charge < -0.3 is 5.32 Å². The maximum absolute atomic E-state index is 12.0. The summed E-state index contributed by atoms with van der Waals surface area (Å²) < 4.78 is 0. The number of nitrogens with one attached hydrogen (secondary N) is 1. The van der Waals surface area contributed by atoms with E-state index < -0.39 is 4.92 Å². The van der Waals surface area contributed by atoms with Crippen molar-refractivity contribution in [2.45, 2.75) is 39.0 Å². The van der Waals surface area contributed by atoms with Crippen LogP contribution in [-0.4, -0.2) is 21.0 Å². The van der Waals surface area contributed by atoms with Crippen LogP contribution in [-0.2, 0) is 11.2 Å². The lowest BCUT2D eigenvalue weighted by Crippen LogP contribution is -2.14. The number of anilines is 1. The van der Waals surface area contributed by atoms with Gasteiger partial charge in [-0.1, -0.05) is 37.3 Å². The van der Waals surface area contributed by atoms with Crippen molar-refractivity contribution in [3.05, 3.63) is 45.0 Å². The summed E-state index contributed by atoms with van der Waals surface area (Å²) in [5.41, 5.74) is 0.714. The molecule has 0 saturated heterocycles. The number of aromatic nitrogens is 2. The number of carbonyl (C=O) groups excluding carboxylic acids is 1. The molecule has 0 bridgehead atoms. The zero-order valence-corrected chi connectivity index (χ0v) is 13.8. The molecule has 1 amide bonds. The molecule has 23 heavy (non-hydrogen) atoms. The summed E-state index contributed by atoms with van der Waals surface area (Å²) in [5, 5.41) is 22.9. The van der Waals surface area contributed by atoms with Gasteiger partial charge in [-0.05, 0) is 18.4 Å². The molecule has 0 radical (unpaired) electrons. The summed E-state index contributed by atoms with van der Waals surface area (Å²) in [6.07, 6.45) is 2.11. The number of nitro benzene ring substituents is 1. The van der Waals surface area contributed by atoms with Gasteiger partial charge in [-0.15, -0.1) is 10.2 Å². The Morgan fingerprint density at radius 2 is 1.91 bits per heavy atom. The van der Waals surface area contributed by atoms with Gasteiger partial charge in [0.05, 0.1) is 11.3 Å². The summed E-state index contributed by atoms with van der Waals surface area (Å²) in [5.74, 6) is 0.152. The highest BCUT2D eigenvalue weighted by atomic mass is 32.1. The van der Waals surface area contributed by atoms with E-state index in [9.17, 15) is 14.9 Å². The van der Waals surface area contributed by atoms with Crippen molar-refractivity contribution in [3.8, 4) is 0 Å². The van der Waals surface area contributed by atoms with E-state index in [0.717, 1.165) is 17.8 Å². The third-order valence-electron chi connectivity index (χ3n) is 3.53. The Morgan fingerprint density at radius 3 is 2.48 bits per heavy atom. The monoisotopic (exact) mass is 334 g/mol. The highest BCUT2D eigenvalue weighted by Crippen LogP contribution is 2.28. The zero-order valence-electron chi connectivity index (χ0n) is 13.0. The van der Waals surface area contributed by atoms with Gasteiger partial charge in [0.15, 0.2) is 0 Å². The topological polar surface area (TPSA) is 98.0 Å². The van der Waals surface area contributed by atoms with Gasteiger partial charge in [-0.2, -0.15) is 0 Å². The second-order valence-electron chi connectivity index (χ2n) is 5.11. The summed E-state index contributed by atoms with van der Waals surface area (Å²) >= 11 is 1.39. The van der Waals surface area contributed by atoms with E-state index in [-0.39, 0.29) is 18.0 Å². The normalized spacial score (nSPS) is 10.7. The molecule has 122 valence electrons. The minimum atomic E-state index is -0.468. The first kappa shape index (κ1) is 17.0. The van der Waals surface area contributed by atoms with Crippen LogP contribution in [0, 0.1) is 10.1 Å². The van der Waals surface area contributed by atoms with Crippen molar-refractivity contribution in [3.63, 3.8) is 0 Å². The van der Waals surface area contributed by atoms with E-state index in [2.05, 4.69) is 29.4 Å². The van der Waals surface area contributed by atoms with E-state index in [0.29, 0.717) is 16.6 Å². The van der Waals surface area contributed by atoms with Crippen LogP contribution in [0.25, 0.3) is 0 Å². The zero-order chi connectivity index (χ0) is 16.8. The number of carbonyl (C=O) groups is 1. The van der Waals surface area contributed by atoms with Crippen molar-refractivity contribution >= 4 is 28.1 Å². The Morgan fingerprint density at radius 1 is 1.26 bits per heavy atom. The van der Waals surface area contributed by atoms with Crippen molar-refractivity contribution < 1.29 is 9.72 Å². The molecule has 0 aliphatic rings. The number of non-ortho nitro benzene ring substituents is 1. The molecule has 0 aliphatic heterocycles. The van der Waals surface area contributed by atoms with Crippen LogP contribution in [0.3, 0.4) is 0 Å². The van der Waals surface area contributed by atoms with Crippen molar-refractivity contribution in [2.24, 2.45) is 0 Å². The van der Waals surface area contributed by atoms with Crippen LogP contribution < -0.4 is 5.32 Å². The van der Waals surface area contributed by atoms with Gasteiger partial charge in [0, 0.05) is 18.1 Å². The molecule has 2 aromatic rings. The summed E-state index contributed by atoms with van der Waals surface area (Å²) in [6.45, 7) is 4.20. The first-order valence-corrected chi connectivity index (χ1v) is 8.21. The molecule has 7 nitrogen and oxygen atoms in total. The van der Waals surface area contributed by atoms with Crippen molar-refractivity contribution in [1.82, 2.24) is 10.2 Å². The largest absolute Gasteiger partial charge is 0.300 e. The quantitative estimate of drug-likeness (QED) is 0.617. The summed E-state index contributed by atoms with van der Waals surface area (Å²) in [4.78, 5) is 22.1. The smallest absolute Gasteiger partial charge is 0.269 e. The number of amides is 1. The minimum absolute atomic E-state index is 0.00750. The number of rotatable bonds is 7. The lowest BCUT2D eigenvalue weighted by Gasteiger charge is -2.05. The van der Waals surface area contributed by atoms with Crippen molar-refractivity contribution in [1.29, 1.82) is 0 Å². The summed E-state index contributed by atoms with van der Waals surface area (Å²) in [6, 6.07) is 5.93. The SMILES string of the molecule is CCC(CC)c1nnc(NC(=O)Cc2ccc([N+](=O)[O-])cc2)s1. The molecule has 1 aromatic heterocycles. The number of nitro groups is 1. The van der Waals surface area contributed by atoms with Crippen LogP contribution in [0.5, 0.6) is 0 Å². The average molecular weight is 334 g/mol. The fourth-order valence-electron chi connectivity index (χ4n) is 2.17. The second kappa shape index (κ2) is 7.77. The molecular weight excluding hydrogens is 316 g/mol. The first-order valence-electron chi connectivity index (χ1n) is 7.40. The maximum Gasteiger partial charge on any atom is 0.269 e. The summed E-state index contributed by atoms with van der Waals surface area (Å²) in [7, 11) is 0. The molecule has 0 fully saturated rings. The minimum Gasteiger partial charge on any atom is -0.300 e. The van der Waals surface area contributed by atoms with Crippen LogP contribution >= 0.6 is 11.3 Å². The van der Waals surface area contributed by atoms with Gasteiger partial charge in [0.1, 0.15) is 5.01 Å². The molecule has 8 heteroatoms. The van der Waals surface area contributed by atoms with Crippen LogP contribution in [0.1, 0.15) is 43.2 Å². The highest BCUT2D eigenvalue weighted by molar-refractivity contribution is 7.15. The van der Waals surface area contributed by atoms with Gasteiger partial charge in [-0.3, -0.25) is 14.9 Å². The molecule has 1 heterocycles. The predicted octanol–water partition coefficient (Wildman–Crippen LogP) is 3.53. The Kier molecular flexibility index (Phi) is 5.75. The van der Waals surface area contributed by atoms with Gasteiger partial charge in [-0.25, -0.2) is 0 Å². The van der Waals surface area contributed by atoms with Crippen molar-refractivity contribution in [2.75, 3.05) is 5.32 Å². The van der Waals surface area contributed by atoms with Gasteiger partial charge in [0.2, 0.25) is 11.0 Å². The first-order chi connectivity index (χ1) is 11.0. The molecule has 0 saturated carbocycles. The van der Waals surface area contributed by atoms with Gasteiger partial charge in [0.25, 0.3) is 5.69 Å². The number of nitrogens with zero attached hydrogens (tertiary/aromatic N) is 3. The van der Waals surface area contributed by atoms with E-state index >= 15 is 0 Å². The Balaban J connectivity index is 1.95. The fraction of sp³-hybridized carbons (Fsp3) is 0.400. The number of benzene rings is 1. The number of hydrogen-bond donors (Lipinski definition) is 1. The average Bonchev–Trinajstić information content (AvgIpc) is 2.97. The maximum atomic E-state index is 12.0. The fourth-order valence-corrected chi connectivity index (χ4v) is 3.20. The Hall–Kier alpha value is -2.35. The molecule has 0 atom stereocenters. The van der Waals surface area contributed by atoms with E-state index in [1.165, 1.54) is 23.5 Å². The molecule has 1 aromatic carbocycles. The van der Waals surface area contributed by atoms with Gasteiger partial charge >= 0.3 is 0 Å². The van der Waals surface area contributed by atoms with Crippen LogP contribution in [0.15, 0.2) is 24.3 Å². The van der Waals surface area contributed by atoms with E-state index in [4.69, 9.17) is 0 Å². The predicted molar refractivity (Wildman–Crippen MR) is 88.7 cm³/mol.